The van der Waals surface area contributed by atoms with Crippen molar-refractivity contribution in [3.05, 3.63) is 100 Å². The highest BCUT2D eigenvalue weighted by molar-refractivity contribution is 9.10. The van der Waals surface area contributed by atoms with Crippen molar-refractivity contribution in [3.63, 3.8) is 0 Å². The second-order valence-electron chi connectivity index (χ2n) is 8.22. The molecule has 0 unspecified atom stereocenters. The molecule has 0 saturated carbocycles. The molecule has 5 nitrogen and oxygen atoms in total. The van der Waals surface area contributed by atoms with Crippen molar-refractivity contribution < 1.29 is 18.7 Å². The molecule has 0 heterocycles. The van der Waals surface area contributed by atoms with Gasteiger partial charge in [0.05, 0.1) is 0 Å². The van der Waals surface area contributed by atoms with Gasteiger partial charge in [-0.3, -0.25) is 9.59 Å². The Bertz CT molecular complexity index is 1090. The summed E-state index contributed by atoms with van der Waals surface area (Å²) in [7, 11) is 0. The van der Waals surface area contributed by atoms with Gasteiger partial charge in [0.2, 0.25) is 5.91 Å². The molecule has 2 amide bonds. The number of carbonyl (C=O) groups excluding carboxylic acids is 2. The molecule has 3 aromatic carbocycles. The third-order valence-electron chi connectivity index (χ3n) is 5.18. The molecule has 0 radical (unpaired) electrons. The number of halogens is 2. The summed E-state index contributed by atoms with van der Waals surface area (Å²) in [6, 6.07) is 21.9. The van der Waals surface area contributed by atoms with Gasteiger partial charge >= 0.3 is 0 Å². The van der Waals surface area contributed by atoms with E-state index in [1.807, 2.05) is 56.3 Å². The Hall–Kier alpha value is -3.19. The molecule has 1 atom stereocenters. The first-order valence-corrected chi connectivity index (χ1v) is 11.9. The van der Waals surface area contributed by atoms with E-state index in [2.05, 4.69) is 21.2 Å². The molecule has 7 heteroatoms. The predicted octanol–water partition coefficient (Wildman–Crippen LogP) is 5.13. The molecule has 0 fully saturated rings. The van der Waals surface area contributed by atoms with Crippen LogP contribution in [0.15, 0.2) is 83.3 Å². The lowest BCUT2D eigenvalue weighted by Crippen LogP contribution is -2.53. The van der Waals surface area contributed by atoms with Crippen LogP contribution < -0.4 is 10.1 Å². The van der Waals surface area contributed by atoms with Crippen LogP contribution in [0.5, 0.6) is 5.75 Å². The van der Waals surface area contributed by atoms with Gasteiger partial charge < -0.3 is 15.0 Å². The number of nitrogens with zero attached hydrogens (tertiary/aromatic N) is 1. The highest BCUT2D eigenvalue weighted by atomic mass is 79.9. The highest BCUT2D eigenvalue weighted by Crippen LogP contribution is 2.19. The molecular weight excluding hydrogens is 499 g/mol. The van der Waals surface area contributed by atoms with Gasteiger partial charge in [-0.2, -0.15) is 0 Å². The molecule has 178 valence electrons. The van der Waals surface area contributed by atoms with E-state index in [1.54, 1.807) is 30.3 Å². The minimum atomic E-state index is -0.842. The monoisotopic (exact) mass is 526 g/mol. The van der Waals surface area contributed by atoms with Crippen LogP contribution in [-0.2, 0) is 22.6 Å². The predicted molar refractivity (Wildman–Crippen MR) is 134 cm³/mol. The van der Waals surface area contributed by atoms with Gasteiger partial charge in [-0.25, -0.2) is 4.39 Å². The number of hydrogen-bond acceptors (Lipinski definition) is 3. The Balaban J connectivity index is 1.91. The van der Waals surface area contributed by atoms with E-state index in [-0.39, 0.29) is 31.5 Å². The van der Waals surface area contributed by atoms with Crippen LogP contribution >= 0.6 is 15.9 Å². The van der Waals surface area contributed by atoms with E-state index >= 15 is 0 Å². The van der Waals surface area contributed by atoms with Crippen molar-refractivity contribution in [2.24, 2.45) is 0 Å². The summed E-state index contributed by atoms with van der Waals surface area (Å²) < 4.78 is 21.1. The normalized spacial score (nSPS) is 11.7. The lowest BCUT2D eigenvalue weighted by Gasteiger charge is -2.32. The third-order valence-corrected chi connectivity index (χ3v) is 5.71. The summed E-state index contributed by atoms with van der Waals surface area (Å²) in [5.41, 5.74) is 1.22. The van der Waals surface area contributed by atoms with E-state index in [1.165, 1.54) is 11.0 Å². The summed E-state index contributed by atoms with van der Waals surface area (Å²) in [6.07, 6.45) is 0.290. The third kappa shape index (κ3) is 7.42. The minimum Gasteiger partial charge on any atom is -0.484 e. The number of hydrogen-bond donors (Lipinski definition) is 1. The molecule has 0 aromatic heterocycles. The molecule has 3 rings (SSSR count). The molecule has 0 aliphatic carbocycles. The van der Waals surface area contributed by atoms with E-state index in [9.17, 15) is 14.0 Å². The number of nitrogens with one attached hydrogen (secondary N) is 1. The summed E-state index contributed by atoms with van der Waals surface area (Å²) in [5, 5.41) is 2.91. The van der Waals surface area contributed by atoms with Crippen LogP contribution in [0.1, 0.15) is 25.0 Å². The Morgan fingerprint density at radius 2 is 1.62 bits per heavy atom. The number of carbonyl (C=O) groups is 2. The summed E-state index contributed by atoms with van der Waals surface area (Å²) in [5.74, 6) is -0.622. The second-order valence-corrected chi connectivity index (χ2v) is 9.14. The average molecular weight is 527 g/mol. The first kappa shape index (κ1) is 25.4. The Morgan fingerprint density at radius 1 is 0.971 bits per heavy atom. The fourth-order valence-corrected chi connectivity index (χ4v) is 3.77. The molecule has 0 aliphatic rings. The van der Waals surface area contributed by atoms with Crippen molar-refractivity contribution in [2.45, 2.75) is 38.9 Å². The maximum atomic E-state index is 14.5. The first-order valence-electron chi connectivity index (χ1n) is 11.1. The van der Waals surface area contributed by atoms with Crippen molar-refractivity contribution in [2.75, 3.05) is 6.61 Å². The van der Waals surface area contributed by atoms with E-state index in [0.717, 1.165) is 10.0 Å². The molecule has 1 N–H and O–H groups in total. The molecule has 0 aliphatic heterocycles. The van der Waals surface area contributed by atoms with Gasteiger partial charge in [0.25, 0.3) is 5.91 Å². The van der Waals surface area contributed by atoms with E-state index in [4.69, 9.17) is 4.74 Å². The lowest BCUT2D eigenvalue weighted by molar-refractivity contribution is -0.143. The van der Waals surface area contributed by atoms with Gasteiger partial charge in [-0.05, 0) is 49.7 Å². The standard InChI is InChI=1S/C27H28BrFN2O3/c1-19(2)30-27(33)25(16-20-8-4-3-5-9-20)31(17-21-10-6-7-11-24(21)29)26(32)18-34-23-14-12-22(28)13-15-23/h3-15,19,25H,16-18H2,1-2H3,(H,30,33)/t25-/m1/s1. The van der Waals surface area contributed by atoms with Crippen LogP contribution in [0.3, 0.4) is 0 Å². The van der Waals surface area contributed by atoms with Gasteiger partial charge in [0.1, 0.15) is 17.6 Å². The number of ether oxygens (including phenoxy) is 1. The summed E-state index contributed by atoms with van der Waals surface area (Å²) in [4.78, 5) is 28.1. The fourth-order valence-electron chi connectivity index (χ4n) is 3.50. The molecular formula is C27H28BrFN2O3. The van der Waals surface area contributed by atoms with Gasteiger partial charge in [0.15, 0.2) is 6.61 Å². The fraction of sp³-hybridized carbons (Fsp3) is 0.259. The zero-order valence-corrected chi connectivity index (χ0v) is 20.8. The number of rotatable bonds is 10. The number of amides is 2. The molecule has 3 aromatic rings. The van der Waals surface area contributed by atoms with Crippen LogP contribution in [0, 0.1) is 5.82 Å². The quantitative estimate of drug-likeness (QED) is 0.398. The average Bonchev–Trinajstić information content (AvgIpc) is 2.82. The number of benzene rings is 3. The second kappa shape index (κ2) is 12.3. The topological polar surface area (TPSA) is 58.6 Å². The summed E-state index contributed by atoms with van der Waals surface area (Å²) >= 11 is 3.37. The van der Waals surface area contributed by atoms with Crippen LogP contribution in [0.2, 0.25) is 0 Å². The maximum Gasteiger partial charge on any atom is 0.261 e. The van der Waals surface area contributed by atoms with Crippen molar-refractivity contribution in [1.29, 1.82) is 0 Å². The lowest BCUT2D eigenvalue weighted by atomic mass is 10.0. The molecule has 0 spiro atoms. The van der Waals surface area contributed by atoms with E-state index < -0.39 is 17.8 Å². The SMILES string of the molecule is CC(C)NC(=O)[C@@H](Cc1ccccc1)N(Cc1ccccc1F)C(=O)COc1ccc(Br)cc1. The zero-order valence-electron chi connectivity index (χ0n) is 19.2. The van der Waals surface area contributed by atoms with Crippen LogP contribution in [0.4, 0.5) is 4.39 Å². The first-order chi connectivity index (χ1) is 16.3. The smallest absolute Gasteiger partial charge is 0.261 e. The molecule has 0 bridgehead atoms. The van der Waals surface area contributed by atoms with Gasteiger partial charge in [0, 0.05) is 29.0 Å². The van der Waals surface area contributed by atoms with Crippen LogP contribution in [0.25, 0.3) is 0 Å². The molecule has 0 saturated heterocycles. The largest absolute Gasteiger partial charge is 0.484 e. The van der Waals surface area contributed by atoms with E-state index in [0.29, 0.717) is 11.3 Å². The Kier molecular flexibility index (Phi) is 9.22. The van der Waals surface area contributed by atoms with Crippen molar-refractivity contribution in [3.8, 4) is 5.75 Å². The van der Waals surface area contributed by atoms with Crippen LogP contribution in [-0.4, -0.2) is 35.4 Å². The van der Waals surface area contributed by atoms with Crippen molar-refractivity contribution in [1.82, 2.24) is 10.2 Å². The highest BCUT2D eigenvalue weighted by Gasteiger charge is 2.31. The summed E-state index contributed by atoms with van der Waals surface area (Å²) in [6.45, 7) is 3.38. The Morgan fingerprint density at radius 3 is 2.26 bits per heavy atom. The minimum absolute atomic E-state index is 0.0573. The van der Waals surface area contributed by atoms with Gasteiger partial charge in [-0.15, -0.1) is 0 Å². The Labute approximate surface area is 208 Å². The molecule has 34 heavy (non-hydrogen) atoms. The van der Waals surface area contributed by atoms with Gasteiger partial charge in [-0.1, -0.05) is 64.5 Å². The van der Waals surface area contributed by atoms with Crippen molar-refractivity contribution >= 4 is 27.7 Å². The zero-order chi connectivity index (χ0) is 24.5. The maximum absolute atomic E-state index is 14.5.